The van der Waals surface area contributed by atoms with Crippen molar-refractivity contribution < 1.29 is 4.39 Å². The summed E-state index contributed by atoms with van der Waals surface area (Å²) in [6, 6.07) is 0. The van der Waals surface area contributed by atoms with Crippen molar-refractivity contribution in [2.45, 2.75) is 44.2 Å². The van der Waals surface area contributed by atoms with Gasteiger partial charge in [-0.1, -0.05) is 25.3 Å². The van der Waals surface area contributed by atoms with E-state index in [2.05, 4.69) is 6.58 Å². The van der Waals surface area contributed by atoms with Crippen LogP contribution in [-0.2, 0) is 0 Å². The van der Waals surface area contributed by atoms with Gasteiger partial charge in [0, 0.05) is 0 Å². The van der Waals surface area contributed by atoms with Crippen LogP contribution in [0.2, 0.25) is 0 Å². The first-order valence-electron chi connectivity index (χ1n) is 4.07. The lowest BCUT2D eigenvalue weighted by Crippen LogP contribution is -2.24. The third-order valence-corrected chi connectivity index (χ3v) is 2.26. The van der Waals surface area contributed by atoms with Crippen molar-refractivity contribution in [3.8, 4) is 0 Å². The molecule has 0 nitrogen and oxygen atoms in total. The molecule has 0 spiro atoms. The Labute approximate surface area is 62.1 Å². The van der Waals surface area contributed by atoms with Gasteiger partial charge in [0.1, 0.15) is 5.67 Å². The highest BCUT2D eigenvalue weighted by Gasteiger charge is 2.29. The van der Waals surface area contributed by atoms with Crippen molar-refractivity contribution in [1.29, 1.82) is 0 Å². The molecule has 0 heterocycles. The Bertz CT molecular complexity index is 112. The van der Waals surface area contributed by atoms with E-state index in [0.717, 1.165) is 25.7 Å². The summed E-state index contributed by atoms with van der Waals surface area (Å²) in [6.45, 7) is 3.56. The minimum Gasteiger partial charge on any atom is -0.244 e. The Morgan fingerprint density at radius 1 is 1.30 bits per heavy atom. The van der Waals surface area contributed by atoms with Gasteiger partial charge in [0.25, 0.3) is 0 Å². The zero-order chi connectivity index (χ0) is 7.45. The highest BCUT2D eigenvalue weighted by Crippen LogP contribution is 2.34. The molecule has 0 amide bonds. The molecule has 0 N–H and O–H groups in total. The summed E-state index contributed by atoms with van der Waals surface area (Å²) in [6.07, 6.45) is 7.08. The second-order valence-electron chi connectivity index (χ2n) is 3.20. The molecule has 0 aromatic carbocycles. The summed E-state index contributed by atoms with van der Waals surface area (Å²) in [4.78, 5) is 0. The molecule has 10 heavy (non-hydrogen) atoms. The number of hydrogen-bond acceptors (Lipinski definition) is 0. The van der Waals surface area contributed by atoms with Crippen molar-refractivity contribution in [1.82, 2.24) is 0 Å². The van der Waals surface area contributed by atoms with Crippen LogP contribution in [0.25, 0.3) is 0 Å². The van der Waals surface area contributed by atoms with E-state index in [-0.39, 0.29) is 0 Å². The van der Waals surface area contributed by atoms with Crippen LogP contribution in [0.15, 0.2) is 12.7 Å². The molecule has 1 aliphatic rings. The van der Waals surface area contributed by atoms with Crippen molar-refractivity contribution in [3.05, 3.63) is 12.7 Å². The molecule has 0 saturated heterocycles. The molecule has 1 rings (SSSR count). The number of halogens is 1. The fourth-order valence-electron chi connectivity index (χ4n) is 1.65. The van der Waals surface area contributed by atoms with Crippen LogP contribution in [0.4, 0.5) is 4.39 Å². The molecule has 0 aliphatic heterocycles. The van der Waals surface area contributed by atoms with Crippen molar-refractivity contribution in [2.24, 2.45) is 0 Å². The lowest BCUT2D eigenvalue weighted by Gasteiger charge is -2.27. The van der Waals surface area contributed by atoms with Gasteiger partial charge in [0.15, 0.2) is 0 Å². The molecule has 0 unspecified atom stereocenters. The highest BCUT2D eigenvalue weighted by molar-refractivity contribution is 4.89. The third kappa shape index (κ3) is 1.83. The molecule has 1 heteroatoms. The largest absolute Gasteiger partial charge is 0.244 e. The van der Waals surface area contributed by atoms with E-state index >= 15 is 0 Å². The van der Waals surface area contributed by atoms with E-state index in [9.17, 15) is 4.39 Å². The molecule has 0 aromatic rings. The smallest absolute Gasteiger partial charge is 0.114 e. The summed E-state index contributed by atoms with van der Waals surface area (Å²) in [5.74, 6) is 0. The molecule has 1 aliphatic carbocycles. The quantitative estimate of drug-likeness (QED) is 0.519. The van der Waals surface area contributed by atoms with Crippen molar-refractivity contribution >= 4 is 0 Å². The Morgan fingerprint density at radius 2 is 1.90 bits per heavy atom. The Balaban J connectivity index is 2.39. The maximum Gasteiger partial charge on any atom is 0.114 e. The second-order valence-corrected chi connectivity index (χ2v) is 3.20. The minimum absolute atomic E-state index is 0.549. The molecule has 1 saturated carbocycles. The zero-order valence-corrected chi connectivity index (χ0v) is 6.41. The first-order chi connectivity index (χ1) is 4.77. The van der Waals surface area contributed by atoms with Gasteiger partial charge < -0.3 is 0 Å². The van der Waals surface area contributed by atoms with Crippen molar-refractivity contribution in [3.63, 3.8) is 0 Å². The summed E-state index contributed by atoms with van der Waals surface area (Å²) >= 11 is 0. The summed E-state index contributed by atoms with van der Waals surface area (Å²) in [7, 11) is 0. The maximum atomic E-state index is 13.5. The molecule has 0 atom stereocenters. The van der Waals surface area contributed by atoms with E-state index in [0.29, 0.717) is 6.42 Å². The number of rotatable bonds is 2. The zero-order valence-electron chi connectivity index (χ0n) is 6.41. The summed E-state index contributed by atoms with van der Waals surface area (Å²) in [5.41, 5.74) is -0.889. The highest BCUT2D eigenvalue weighted by atomic mass is 19.1. The second kappa shape index (κ2) is 3.18. The number of alkyl halides is 1. The SMILES string of the molecule is C=CCC1(F)CCCCC1. The predicted molar refractivity (Wildman–Crippen MR) is 41.7 cm³/mol. The first-order valence-corrected chi connectivity index (χ1v) is 4.07. The van der Waals surface area contributed by atoms with E-state index in [4.69, 9.17) is 0 Å². The maximum absolute atomic E-state index is 13.5. The van der Waals surface area contributed by atoms with Gasteiger partial charge in [-0.15, -0.1) is 6.58 Å². The first kappa shape index (κ1) is 7.77. The monoisotopic (exact) mass is 142 g/mol. The van der Waals surface area contributed by atoms with Crippen molar-refractivity contribution in [2.75, 3.05) is 0 Å². The van der Waals surface area contributed by atoms with Crippen LogP contribution >= 0.6 is 0 Å². The van der Waals surface area contributed by atoms with Gasteiger partial charge in [-0.25, -0.2) is 4.39 Å². The molecule has 1 fully saturated rings. The van der Waals surface area contributed by atoms with Crippen LogP contribution in [0.5, 0.6) is 0 Å². The Hall–Kier alpha value is -0.330. The summed E-state index contributed by atoms with van der Waals surface area (Å²) < 4.78 is 13.5. The Morgan fingerprint density at radius 3 is 2.40 bits per heavy atom. The van der Waals surface area contributed by atoms with Crippen LogP contribution in [0.1, 0.15) is 38.5 Å². The minimum atomic E-state index is -0.889. The predicted octanol–water partition coefficient (Wildman–Crippen LogP) is 3.23. The lowest BCUT2D eigenvalue weighted by atomic mass is 9.84. The standard InChI is InChI=1S/C9H15F/c1-2-6-9(10)7-4-3-5-8-9/h2H,1,3-8H2. The lowest BCUT2D eigenvalue weighted by molar-refractivity contribution is 0.111. The van der Waals surface area contributed by atoms with Gasteiger partial charge >= 0.3 is 0 Å². The topological polar surface area (TPSA) is 0 Å². The van der Waals surface area contributed by atoms with E-state index < -0.39 is 5.67 Å². The molecule has 0 radical (unpaired) electrons. The summed E-state index contributed by atoms with van der Waals surface area (Å²) in [5, 5.41) is 0. The Kier molecular flexibility index (Phi) is 2.47. The van der Waals surface area contributed by atoms with Gasteiger partial charge in [-0.05, 0) is 19.3 Å². The number of allylic oxidation sites excluding steroid dienone is 1. The fourth-order valence-corrected chi connectivity index (χ4v) is 1.65. The van der Waals surface area contributed by atoms with Gasteiger partial charge in [0.05, 0.1) is 0 Å². The third-order valence-electron chi connectivity index (χ3n) is 2.26. The van der Waals surface area contributed by atoms with Gasteiger partial charge in [-0.2, -0.15) is 0 Å². The normalized spacial score (nSPS) is 24.1. The van der Waals surface area contributed by atoms with Crippen LogP contribution < -0.4 is 0 Å². The molecular weight excluding hydrogens is 127 g/mol. The van der Waals surface area contributed by atoms with E-state index in [1.807, 2.05) is 0 Å². The fraction of sp³-hybridized carbons (Fsp3) is 0.778. The van der Waals surface area contributed by atoms with Gasteiger partial charge in [0.2, 0.25) is 0 Å². The molecular formula is C9H15F. The molecule has 0 bridgehead atoms. The van der Waals surface area contributed by atoms with Crippen LogP contribution in [0, 0.1) is 0 Å². The number of hydrogen-bond donors (Lipinski definition) is 0. The van der Waals surface area contributed by atoms with Crippen LogP contribution in [-0.4, -0.2) is 5.67 Å². The van der Waals surface area contributed by atoms with E-state index in [1.165, 1.54) is 6.42 Å². The van der Waals surface area contributed by atoms with E-state index in [1.54, 1.807) is 6.08 Å². The van der Waals surface area contributed by atoms with Crippen LogP contribution in [0.3, 0.4) is 0 Å². The molecule has 58 valence electrons. The van der Waals surface area contributed by atoms with Gasteiger partial charge in [-0.3, -0.25) is 0 Å². The average Bonchev–Trinajstić information content (AvgIpc) is 1.89. The molecule has 0 aromatic heterocycles. The average molecular weight is 142 g/mol.